The molecule has 1 aromatic heterocycles. The molecule has 0 bridgehead atoms. The lowest BCUT2D eigenvalue weighted by atomic mass is 10.0. The molecule has 2 rings (SSSR count). The van der Waals surface area contributed by atoms with Crippen LogP contribution in [-0.4, -0.2) is 31.3 Å². The third-order valence-electron chi connectivity index (χ3n) is 3.26. The van der Waals surface area contributed by atoms with Crippen molar-refractivity contribution in [3.8, 4) is 0 Å². The van der Waals surface area contributed by atoms with Crippen molar-refractivity contribution in [2.75, 3.05) is 20.3 Å². The number of hydrogen-bond donors (Lipinski definition) is 0. The monoisotopic (exact) mass is 269 g/mol. The van der Waals surface area contributed by atoms with Crippen LogP contribution in [0.25, 0.3) is 0 Å². The van der Waals surface area contributed by atoms with Gasteiger partial charge in [-0.25, -0.2) is 4.98 Å². The summed E-state index contributed by atoms with van der Waals surface area (Å²) in [7, 11) is 1.43. The zero-order chi connectivity index (χ0) is 13.0. The molecule has 5 heteroatoms. The van der Waals surface area contributed by atoms with Gasteiger partial charge in [-0.05, 0) is 26.2 Å². The highest BCUT2D eigenvalue weighted by molar-refractivity contribution is 7.11. The lowest BCUT2D eigenvalue weighted by Crippen LogP contribution is -2.13. The molecule has 0 unspecified atom stereocenters. The average molecular weight is 269 g/mol. The fourth-order valence-corrected chi connectivity index (χ4v) is 3.35. The summed E-state index contributed by atoms with van der Waals surface area (Å²) in [6.07, 6.45) is 3.29. The van der Waals surface area contributed by atoms with Crippen LogP contribution in [0.5, 0.6) is 0 Å². The van der Waals surface area contributed by atoms with Crippen LogP contribution in [0.15, 0.2) is 0 Å². The van der Waals surface area contributed by atoms with Crippen LogP contribution in [-0.2, 0) is 20.7 Å². The van der Waals surface area contributed by atoms with Crippen molar-refractivity contribution in [1.82, 2.24) is 4.98 Å². The second-order valence-corrected chi connectivity index (χ2v) is 5.64. The predicted molar refractivity (Wildman–Crippen MR) is 70.0 cm³/mol. The third-order valence-corrected chi connectivity index (χ3v) is 4.64. The molecule has 0 amide bonds. The van der Waals surface area contributed by atoms with E-state index in [-0.39, 0.29) is 5.97 Å². The van der Waals surface area contributed by atoms with E-state index < -0.39 is 0 Å². The Hall–Kier alpha value is -0.940. The van der Waals surface area contributed by atoms with Crippen molar-refractivity contribution in [2.24, 2.45) is 0 Å². The minimum atomic E-state index is -0.157. The molecule has 0 atom stereocenters. The summed E-state index contributed by atoms with van der Waals surface area (Å²) in [6, 6.07) is 0. The van der Waals surface area contributed by atoms with Crippen LogP contribution < -0.4 is 0 Å². The van der Waals surface area contributed by atoms with Gasteiger partial charge in [-0.15, -0.1) is 11.3 Å². The summed E-state index contributed by atoms with van der Waals surface area (Å²) in [5, 5.41) is 1.20. The number of carbonyl (C=O) groups excluding carboxylic acids is 1. The second-order valence-electron chi connectivity index (χ2n) is 4.52. The molecule has 1 aliphatic heterocycles. The first-order chi connectivity index (χ1) is 8.70. The predicted octanol–water partition coefficient (Wildman–Crippen LogP) is 2.45. The van der Waals surface area contributed by atoms with E-state index in [0.717, 1.165) is 38.2 Å². The first-order valence-corrected chi connectivity index (χ1v) is 7.13. The average Bonchev–Trinajstić information content (AvgIpc) is 2.78. The number of aryl methyl sites for hydroxylation is 2. The molecule has 0 radical (unpaired) electrons. The topological polar surface area (TPSA) is 48.4 Å². The van der Waals surface area contributed by atoms with Crippen LogP contribution in [0, 0.1) is 6.92 Å². The maximum atomic E-state index is 11.2. The molecule has 1 fully saturated rings. The van der Waals surface area contributed by atoms with E-state index in [9.17, 15) is 4.79 Å². The summed E-state index contributed by atoms with van der Waals surface area (Å²) in [4.78, 5) is 17.0. The van der Waals surface area contributed by atoms with E-state index in [1.807, 2.05) is 6.92 Å². The van der Waals surface area contributed by atoms with E-state index in [2.05, 4.69) is 9.72 Å². The maximum Gasteiger partial charge on any atom is 0.305 e. The Morgan fingerprint density at radius 3 is 2.89 bits per heavy atom. The Balaban J connectivity index is 1.99. The third kappa shape index (κ3) is 3.29. The van der Waals surface area contributed by atoms with Crippen LogP contribution in [0.1, 0.15) is 40.8 Å². The Morgan fingerprint density at radius 1 is 1.50 bits per heavy atom. The van der Waals surface area contributed by atoms with Crippen molar-refractivity contribution >= 4 is 17.3 Å². The molecule has 1 aromatic rings. The fraction of sp³-hybridized carbons (Fsp3) is 0.692. The number of thiazole rings is 1. The molecule has 0 saturated carbocycles. The minimum Gasteiger partial charge on any atom is -0.469 e. The lowest BCUT2D eigenvalue weighted by molar-refractivity contribution is -0.140. The molecule has 0 aliphatic carbocycles. The van der Waals surface area contributed by atoms with Gasteiger partial charge in [-0.1, -0.05) is 0 Å². The Labute approximate surface area is 111 Å². The molecule has 1 saturated heterocycles. The second kappa shape index (κ2) is 6.29. The van der Waals surface area contributed by atoms with Crippen LogP contribution in [0.3, 0.4) is 0 Å². The zero-order valence-corrected chi connectivity index (χ0v) is 11.7. The molecule has 18 heavy (non-hydrogen) atoms. The van der Waals surface area contributed by atoms with Crippen molar-refractivity contribution in [3.05, 3.63) is 15.6 Å². The minimum absolute atomic E-state index is 0.157. The van der Waals surface area contributed by atoms with E-state index in [1.165, 1.54) is 17.0 Å². The molecule has 100 valence electrons. The van der Waals surface area contributed by atoms with Crippen molar-refractivity contribution in [3.63, 3.8) is 0 Å². The van der Waals surface area contributed by atoms with Gasteiger partial charge >= 0.3 is 5.97 Å². The van der Waals surface area contributed by atoms with E-state index in [0.29, 0.717) is 12.3 Å². The summed E-state index contributed by atoms with van der Waals surface area (Å²) in [5.74, 6) is 0.379. The van der Waals surface area contributed by atoms with Crippen LogP contribution >= 0.6 is 11.3 Å². The van der Waals surface area contributed by atoms with Gasteiger partial charge in [0.1, 0.15) is 0 Å². The van der Waals surface area contributed by atoms with Gasteiger partial charge in [0.25, 0.3) is 0 Å². The molecular weight excluding hydrogens is 250 g/mol. The summed E-state index contributed by atoms with van der Waals surface area (Å²) < 4.78 is 10.0. The molecule has 0 spiro atoms. The molecule has 0 N–H and O–H groups in total. The highest BCUT2D eigenvalue weighted by Crippen LogP contribution is 2.32. The van der Waals surface area contributed by atoms with Crippen molar-refractivity contribution in [1.29, 1.82) is 0 Å². The van der Waals surface area contributed by atoms with E-state index in [4.69, 9.17) is 4.74 Å². The lowest BCUT2D eigenvalue weighted by Gasteiger charge is -2.19. The number of hydrogen-bond acceptors (Lipinski definition) is 5. The smallest absolute Gasteiger partial charge is 0.305 e. The van der Waals surface area contributed by atoms with E-state index >= 15 is 0 Å². The summed E-state index contributed by atoms with van der Waals surface area (Å²) in [5.41, 5.74) is 1.06. The summed E-state index contributed by atoms with van der Waals surface area (Å²) >= 11 is 1.74. The highest BCUT2D eigenvalue weighted by atomic mass is 32.1. The summed E-state index contributed by atoms with van der Waals surface area (Å²) in [6.45, 7) is 3.69. The fourth-order valence-electron chi connectivity index (χ4n) is 2.12. The quantitative estimate of drug-likeness (QED) is 0.788. The SMILES string of the molecule is COC(=O)CCc1sc(C2CCOCC2)nc1C. The Kier molecular flexibility index (Phi) is 4.72. The normalized spacial score (nSPS) is 16.8. The standard InChI is InChI=1S/C13H19NO3S/c1-9-11(3-4-12(15)16-2)18-13(14-9)10-5-7-17-8-6-10/h10H,3-8H2,1-2H3. The Bertz CT molecular complexity index is 410. The number of nitrogens with zero attached hydrogens (tertiary/aromatic N) is 1. The highest BCUT2D eigenvalue weighted by Gasteiger charge is 2.20. The number of aromatic nitrogens is 1. The number of ether oxygens (including phenoxy) is 2. The molecular formula is C13H19NO3S. The van der Waals surface area contributed by atoms with Gasteiger partial charge in [0, 0.05) is 24.0 Å². The van der Waals surface area contributed by atoms with Gasteiger partial charge in [0.15, 0.2) is 0 Å². The molecule has 4 nitrogen and oxygen atoms in total. The number of methoxy groups -OCH3 is 1. The van der Waals surface area contributed by atoms with E-state index in [1.54, 1.807) is 11.3 Å². The number of rotatable bonds is 4. The number of esters is 1. The van der Waals surface area contributed by atoms with Gasteiger partial charge in [0.2, 0.25) is 0 Å². The first kappa shape index (κ1) is 13.5. The first-order valence-electron chi connectivity index (χ1n) is 6.31. The molecule has 0 aromatic carbocycles. The van der Waals surface area contributed by atoms with Gasteiger partial charge in [-0.2, -0.15) is 0 Å². The maximum absolute atomic E-state index is 11.2. The molecule has 1 aliphatic rings. The number of carbonyl (C=O) groups is 1. The largest absolute Gasteiger partial charge is 0.469 e. The van der Waals surface area contributed by atoms with Gasteiger partial charge < -0.3 is 9.47 Å². The van der Waals surface area contributed by atoms with Crippen molar-refractivity contribution < 1.29 is 14.3 Å². The van der Waals surface area contributed by atoms with Gasteiger partial charge in [0.05, 0.1) is 24.2 Å². The van der Waals surface area contributed by atoms with Gasteiger partial charge in [-0.3, -0.25) is 4.79 Å². The van der Waals surface area contributed by atoms with Crippen molar-refractivity contribution in [2.45, 2.75) is 38.5 Å². The molecule has 2 heterocycles. The van der Waals surface area contributed by atoms with Crippen LogP contribution in [0.4, 0.5) is 0 Å². The van der Waals surface area contributed by atoms with Crippen LogP contribution in [0.2, 0.25) is 0 Å². The zero-order valence-electron chi connectivity index (χ0n) is 10.9. The Morgan fingerprint density at radius 2 is 2.22 bits per heavy atom.